The number of ether oxygens (including phenoxy) is 2. The van der Waals surface area contributed by atoms with Gasteiger partial charge in [0.2, 0.25) is 5.91 Å². The van der Waals surface area contributed by atoms with Gasteiger partial charge in [0.1, 0.15) is 11.0 Å². The minimum atomic E-state index is -1.31. The Hall–Kier alpha value is -1.50. The fourth-order valence-corrected chi connectivity index (χ4v) is 6.31. The molecule has 0 radical (unpaired) electrons. The standard InChI is InChI=1S/C24H35NO5/c1-13(2)10-16-21-14(3)11-17(26)15-8-6-7-9-19-23(4,30-19)20(29-5)12-18(27)24(15,21)22(28)25-16/h6,8,11,13,15-17,19-21,26H,7,9-10,12H2,1-5H3,(H,25,28)/b8-6+/t15-,16+,17-,19-,20-,21+,23-,24-/m1/s1. The largest absolute Gasteiger partial charge is 0.388 e. The molecule has 0 aromatic heterocycles. The Morgan fingerprint density at radius 3 is 2.77 bits per heavy atom. The number of nitrogens with one attached hydrogen (secondary N) is 1. The van der Waals surface area contributed by atoms with Crippen LogP contribution >= 0.6 is 0 Å². The molecule has 0 saturated carbocycles. The smallest absolute Gasteiger partial charge is 0.235 e. The number of hydrogen-bond donors (Lipinski definition) is 2. The summed E-state index contributed by atoms with van der Waals surface area (Å²) in [6, 6.07) is -0.118. The first-order valence-corrected chi connectivity index (χ1v) is 11.2. The van der Waals surface area contributed by atoms with Crippen molar-refractivity contribution in [2.24, 2.45) is 23.2 Å². The van der Waals surface area contributed by atoms with Gasteiger partial charge in [-0.1, -0.05) is 37.6 Å². The van der Waals surface area contributed by atoms with Crippen LogP contribution in [0.4, 0.5) is 0 Å². The van der Waals surface area contributed by atoms with Crippen LogP contribution in [-0.2, 0) is 19.1 Å². The van der Waals surface area contributed by atoms with Crippen LogP contribution in [0.1, 0.15) is 53.4 Å². The average molecular weight is 418 g/mol. The molecule has 6 nitrogen and oxygen atoms in total. The number of carbonyl (C=O) groups is 2. The van der Waals surface area contributed by atoms with Crippen LogP contribution in [0.15, 0.2) is 23.8 Å². The van der Waals surface area contributed by atoms with Gasteiger partial charge < -0.3 is 19.9 Å². The zero-order valence-corrected chi connectivity index (χ0v) is 18.7. The normalized spacial score (nSPS) is 46.8. The Morgan fingerprint density at radius 2 is 2.10 bits per heavy atom. The fraction of sp³-hybridized carbons (Fsp3) is 0.750. The van der Waals surface area contributed by atoms with Crippen molar-refractivity contribution in [1.29, 1.82) is 0 Å². The van der Waals surface area contributed by atoms with Crippen LogP contribution < -0.4 is 5.32 Å². The minimum absolute atomic E-state index is 0.0456. The lowest BCUT2D eigenvalue weighted by Gasteiger charge is -2.44. The number of allylic oxidation sites excluding steroid dienone is 1. The first-order valence-electron chi connectivity index (χ1n) is 11.2. The predicted octanol–water partition coefficient (Wildman–Crippen LogP) is 2.55. The van der Waals surface area contributed by atoms with Gasteiger partial charge in [-0.2, -0.15) is 0 Å². The molecule has 4 rings (SSSR count). The summed E-state index contributed by atoms with van der Waals surface area (Å²) in [4.78, 5) is 27.6. The number of amides is 1. The van der Waals surface area contributed by atoms with Gasteiger partial charge in [-0.25, -0.2) is 0 Å². The van der Waals surface area contributed by atoms with Crippen LogP contribution in [0.2, 0.25) is 0 Å². The monoisotopic (exact) mass is 417 g/mol. The van der Waals surface area contributed by atoms with Gasteiger partial charge in [-0.05, 0) is 39.0 Å². The van der Waals surface area contributed by atoms with Crippen molar-refractivity contribution in [3.8, 4) is 0 Å². The summed E-state index contributed by atoms with van der Waals surface area (Å²) in [5, 5.41) is 14.1. The first kappa shape index (κ1) is 21.7. The molecule has 0 aromatic rings. The van der Waals surface area contributed by atoms with E-state index in [4.69, 9.17) is 9.47 Å². The lowest BCUT2D eigenvalue weighted by Crippen LogP contribution is -2.55. The molecule has 2 fully saturated rings. The highest BCUT2D eigenvalue weighted by atomic mass is 16.6. The van der Waals surface area contributed by atoms with Gasteiger partial charge in [0.25, 0.3) is 0 Å². The van der Waals surface area contributed by atoms with Gasteiger partial charge in [0, 0.05) is 31.4 Å². The third kappa shape index (κ3) is 3.10. The van der Waals surface area contributed by atoms with Crippen LogP contribution in [0.5, 0.6) is 0 Å². The summed E-state index contributed by atoms with van der Waals surface area (Å²) < 4.78 is 11.7. The highest BCUT2D eigenvalue weighted by Gasteiger charge is 2.67. The quantitative estimate of drug-likeness (QED) is 0.419. The van der Waals surface area contributed by atoms with E-state index >= 15 is 0 Å². The molecule has 4 aliphatic rings. The summed E-state index contributed by atoms with van der Waals surface area (Å²) in [7, 11) is 1.60. The van der Waals surface area contributed by atoms with E-state index in [1.165, 1.54) is 0 Å². The minimum Gasteiger partial charge on any atom is -0.388 e. The number of Topliss-reactive ketones (excluding diaryl/α,β-unsaturated/α-hetero) is 1. The molecule has 30 heavy (non-hydrogen) atoms. The third-order valence-corrected chi connectivity index (χ3v) is 7.80. The highest BCUT2D eigenvalue weighted by Crippen LogP contribution is 2.55. The van der Waals surface area contributed by atoms with Crippen LogP contribution in [0, 0.1) is 23.2 Å². The Labute approximate surface area is 179 Å². The lowest BCUT2D eigenvalue weighted by molar-refractivity contribution is -0.149. The second-order valence-electron chi connectivity index (χ2n) is 10.1. The molecule has 1 amide bonds. The maximum absolute atomic E-state index is 14.0. The van der Waals surface area contributed by atoms with Gasteiger partial charge in [0.05, 0.1) is 18.3 Å². The molecule has 2 heterocycles. The number of carbonyl (C=O) groups excluding carboxylic acids is 2. The number of aliphatic hydroxyl groups excluding tert-OH is 1. The zero-order valence-electron chi connectivity index (χ0n) is 18.7. The predicted molar refractivity (Wildman–Crippen MR) is 113 cm³/mol. The second-order valence-corrected chi connectivity index (χ2v) is 10.1. The van der Waals surface area contributed by atoms with E-state index in [2.05, 4.69) is 19.2 Å². The molecule has 2 saturated heterocycles. The molecule has 1 spiro atoms. The maximum atomic E-state index is 14.0. The molecule has 166 valence electrons. The van der Waals surface area contributed by atoms with Gasteiger partial charge in [0.15, 0.2) is 5.78 Å². The van der Waals surface area contributed by atoms with E-state index in [0.717, 1.165) is 24.8 Å². The number of hydrogen-bond acceptors (Lipinski definition) is 5. The zero-order chi connectivity index (χ0) is 21.8. The fourth-order valence-electron chi connectivity index (χ4n) is 6.31. The van der Waals surface area contributed by atoms with E-state index in [-0.39, 0.29) is 36.2 Å². The van der Waals surface area contributed by atoms with Crippen molar-refractivity contribution in [3.63, 3.8) is 0 Å². The van der Waals surface area contributed by atoms with Crippen LogP contribution in [-0.4, -0.2) is 53.9 Å². The molecule has 6 heteroatoms. The highest BCUT2D eigenvalue weighted by molar-refractivity contribution is 6.09. The van der Waals surface area contributed by atoms with Crippen molar-refractivity contribution >= 4 is 11.7 Å². The Balaban J connectivity index is 1.83. The molecule has 0 aromatic carbocycles. The molecule has 2 N–H and O–H groups in total. The topological polar surface area (TPSA) is 88.2 Å². The van der Waals surface area contributed by atoms with Crippen LogP contribution in [0.25, 0.3) is 0 Å². The van der Waals surface area contributed by atoms with Gasteiger partial charge >= 0.3 is 0 Å². The first-order chi connectivity index (χ1) is 14.2. The van der Waals surface area contributed by atoms with Gasteiger partial charge in [-0.15, -0.1) is 0 Å². The number of fused-ring (bicyclic) bond motifs is 1. The van der Waals surface area contributed by atoms with Crippen molar-refractivity contribution in [1.82, 2.24) is 5.32 Å². The van der Waals surface area contributed by atoms with E-state index in [1.807, 2.05) is 32.1 Å². The van der Waals surface area contributed by atoms with E-state index < -0.39 is 29.1 Å². The van der Waals surface area contributed by atoms with Crippen molar-refractivity contribution < 1.29 is 24.2 Å². The molecule has 2 aliphatic heterocycles. The summed E-state index contributed by atoms with van der Waals surface area (Å²) >= 11 is 0. The molecule has 2 aliphatic carbocycles. The maximum Gasteiger partial charge on any atom is 0.235 e. The summed E-state index contributed by atoms with van der Waals surface area (Å²) in [6.07, 6.45) is 7.02. The summed E-state index contributed by atoms with van der Waals surface area (Å²) in [5.41, 5.74) is -0.898. The van der Waals surface area contributed by atoms with Crippen molar-refractivity contribution in [2.45, 2.75) is 83.3 Å². The molecule has 0 unspecified atom stereocenters. The third-order valence-electron chi connectivity index (χ3n) is 7.80. The number of aliphatic hydroxyl groups is 1. The Morgan fingerprint density at radius 1 is 1.37 bits per heavy atom. The summed E-state index contributed by atoms with van der Waals surface area (Å²) in [6.45, 7) is 8.18. The van der Waals surface area contributed by atoms with Crippen molar-refractivity contribution in [2.75, 3.05) is 7.11 Å². The Bertz CT molecular complexity index is 788. The van der Waals surface area contributed by atoms with E-state index in [9.17, 15) is 14.7 Å². The second kappa shape index (κ2) is 7.57. The van der Waals surface area contributed by atoms with Crippen molar-refractivity contribution in [3.05, 3.63) is 23.8 Å². The lowest BCUT2D eigenvalue weighted by atomic mass is 9.55. The van der Waals surface area contributed by atoms with E-state index in [1.54, 1.807) is 7.11 Å². The number of rotatable bonds is 3. The van der Waals surface area contributed by atoms with Crippen LogP contribution in [0.3, 0.4) is 0 Å². The number of methoxy groups -OCH3 is 1. The average Bonchev–Trinajstić information content (AvgIpc) is 3.23. The SMILES string of the molecule is CO[C@@H]1CC(=O)[C@@]23C(=O)N[C@@H](CC(C)C)[C@@H]2C(C)=C[C@@H](O)[C@H]3/C=C/CC[C@H]2O[C@@]12C. The number of epoxide rings is 1. The van der Waals surface area contributed by atoms with Gasteiger partial charge in [-0.3, -0.25) is 9.59 Å². The molecular formula is C24H35NO5. The molecular weight excluding hydrogens is 382 g/mol. The summed E-state index contributed by atoms with van der Waals surface area (Å²) in [5.74, 6) is -0.863. The van der Waals surface area contributed by atoms with E-state index in [0.29, 0.717) is 5.92 Å². The molecule has 0 bridgehead atoms. The number of ketones is 1. The molecule has 8 atom stereocenters. The Kier molecular flexibility index (Phi) is 5.48.